The summed E-state index contributed by atoms with van der Waals surface area (Å²) in [6.45, 7) is 39.8. The summed E-state index contributed by atoms with van der Waals surface area (Å²) >= 11 is 0. The fourth-order valence-corrected chi connectivity index (χ4v) is 10.6. The van der Waals surface area contributed by atoms with E-state index in [1.165, 1.54) is 0 Å². The number of nitrogens with zero attached hydrogens (tertiary/aromatic N) is 11. The van der Waals surface area contributed by atoms with E-state index < -0.39 is 0 Å². The highest BCUT2D eigenvalue weighted by Gasteiger charge is 2.19. The Hall–Kier alpha value is -11.1. The number of hydrogen-bond donors (Lipinski definition) is 12. The zero-order valence-electron chi connectivity index (χ0n) is 67.0. The zero-order valence-corrected chi connectivity index (χ0v) is 67.0. The van der Waals surface area contributed by atoms with Crippen LogP contribution < -0.4 is 63.8 Å². The molecule has 0 aliphatic rings. The SMILES string of the molecule is C=Cc1cc(C=C)nc(NCCCC(=O)NCCN(CCNC(=O)CCCNc2nc(C=C)cc(C=C)n2)CC(=O)NCCN(CCNC(=O)CN(CCNC(=O)CCCNc2nc(C=C)cc(C=C)n2)CCNC(=O)CCCNc2nc(C=C)cc(C=C)n2)CC(=O)NCCCNC(=O)CCOCCOCCOCCOCC)n1. The minimum atomic E-state index is -0.362. The summed E-state index contributed by atoms with van der Waals surface area (Å²) in [6.07, 6.45) is 16.1. The highest BCUT2D eigenvalue weighted by molar-refractivity contribution is 5.80. The first kappa shape index (κ1) is 96.3. The van der Waals surface area contributed by atoms with Crippen LogP contribution in [0.2, 0.25) is 0 Å². The first-order valence-electron chi connectivity index (χ1n) is 39.0. The van der Waals surface area contributed by atoms with E-state index in [1.54, 1.807) is 77.8 Å². The molecule has 0 atom stereocenters. The average Bonchev–Trinajstić information content (AvgIpc) is 0.889. The van der Waals surface area contributed by atoms with Crippen LogP contribution in [0.25, 0.3) is 48.6 Å². The third-order valence-electron chi connectivity index (χ3n) is 16.6. The largest absolute Gasteiger partial charge is 0.379 e. The third-order valence-corrected chi connectivity index (χ3v) is 16.6. The minimum absolute atomic E-state index is 0.0909. The van der Waals surface area contributed by atoms with Crippen molar-refractivity contribution in [3.8, 4) is 0 Å². The lowest BCUT2D eigenvalue weighted by Crippen LogP contribution is -2.48. The van der Waals surface area contributed by atoms with Gasteiger partial charge in [-0.1, -0.05) is 52.6 Å². The zero-order chi connectivity index (χ0) is 83.3. The van der Waals surface area contributed by atoms with E-state index in [-0.39, 0.29) is 191 Å². The molecule has 0 spiro atoms. The minimum Gasteiger partial charge on any atom is -0.379 e. The molecule has 0 aliphatic heterocycles. The quantitative estimate of drug-likeness (QED) is 0.0281. The Labute approximate surface area is 676 Å². The van der Waals surface area contributed by atoms with Gasteiger partial charge >= 0.3 is 0 Å². The van der Waals surface area contributed by atoms with Crippen LogP contribution in [0.15, 0.2) is 76.9 Å². The van der Waals surface area contributed by atoms with Crippen LogP contribution in [-0.2, 0) is 57.3 Å². The molecule has 0 unspecified atom stereocenters. The molecule has 4 heterocycles. The highest BCUT2D eigenvalue weighted by Crippen LogP contribution is 2.13. The fourth-order valence-electron chi connectivity index (χ4n) is 10.6. The first-order chi connectivity index (χ1) is 55.9. The molecule has 0 aliphatic carbocycles. The van der Waals surface area contributed by atoms with Gasteiger partial charge in [-0.15, -0.1) is 0 Å². The lowest BCUT2D eigenvalue weighted by Gasteiger charge is -2.25. The lowest BCUT2D eigenvalue weighted by molar-refractivity contribution is -0.123. The molecule has 4 aromatic heterocycles. The third kappa shape index (κ3) is 46.0. The van der Waals surface area contributed by atoms with Crippen molar-refractivity contribution < 1.29 is 57.3 Å². The number of ether oxygens (including phenoxy) is 4. The molecular formula is C80H121N23O12. The van der Waals surface area contributed by atoms with E-state index in [9.17, 15) is 38.4 Å². The van der Waals surface area contributed by atoms with Crippen LogP contribution in [0.5, 0.6) is 0 Å². The number of rotatable bonds is 69. The Bertz CT molecular complexity index is 3230. The molecular weight excluding hydrogens is 1480 g/mol. The van der Waals surface area contributed by atoms with Gasteiger partial charge in [0.1, 0.15) is 0 Å². The molecule has 0 aromatic carbocycles. The summed E-state index contributed by atoms with van der Waals surface area (Å²) in [5.41, 5.74) is 5.02. The van der Waals surface area contributed by atoms with Crippen molar-refractivity contribution in [2.75, 3.05) is 212 Å². The summed E-state index contributed by atoms with van der Waals surface area (Å²) in [7, 11) is 0. The van der Waals surface area contributed by atoms with Crippen molar-refractivity contribution in [2.24, 2.45) is 0 Å². The van der Waals surface area contributed by atoms with Crippen molar-refractivity contribution in [3.63, 3.8) is 0 Å². The second-order valence-electron chi connectivity index (χ2n) is 25.7. The van der Waals surface area contributed by atoms with Crippen LogP contribution in [-0.4, -0.2) is 292 Å². The molecule has 4 rings (SSSR count). The Kier molecular flexibility index (Phi) is 50.7. The van der Waals surface area contributed by atoms with Gasteiger partial charge in [-0.3, -0.25) is 53.1 Å². The van der Waals surface area contributed by atoms with Gasteiger partial charge in [0.15, 0.2) is 0 Å². The van der Waals surface area contributed by atoms with E-state index in [4.69, 9.17) is 18.9 Å². The van der Waals surface area contributed by atoms with Crippen molar-refractivity contribution in [2.45, 2.75) is 71.1 Å². The number of nitrogens with one attached hydrogen (secondary N) is 12. The topological polar surface area (TPSA) is 431 Å². The van der Waals surface area contributed by atoms with Crippen LogP contribution in [0.1, 0.15) is 117 Å². The highest BCUT2D eigenvalue weighted by atomic mass is 16.6. The lowest BCUT2D eigenvalue weighted by atomic mass is 10.3. The normalized spacial score (nSPS) is 10.9. The van der Waals surface area contributed by atoms with Gasteiger partial charge in [-0.05, 0) is 112 Å². The molecule has 0 saturated heterocycles. The molecule has 0 saturated carbocycles. The molecule has 8 amide bonds. The maximum atomic E-state index is 13.9. The van der Waals surface area contributed by atoms with Gasteiger partial charge in [0.25, 0.3) is 0 Å². The molecule has 35 heteroatoms. The van der Waals surface area contributed by atoms with Crippen molar-refractivity contribution in [3.05, 3.63) is 122 Å². The molecule has 35 nitrogen and oxygen atoms in total. The van der Waals surface area contributed by atoms with Gasteiger partial charge < -0.3 is 82.7 Å². The van der Waals surface area contributed by atoms with Gasteiger partial charge in [0.05, 0.1) is 111 Å². The van der Waals surface area contributed by atoms with Crippen molar-refractivity contribution in [1.29, 1.82) is 0 Å². The summed E-state index contributed by atoms with van der Waals surface area (Å²) in [5, 5.41) is 35.9. The second kappa shape index (κ2) is 60.5. The maximum Gasteiger partial charge on any atom is 0.234 e. The molecule has 12 N–H and O–H groups in total. The van der Waals surface area contributed by atoms with Crippen LogP contribution >= 0.6 is 0 Å². The van der Waals surface area contributed by atoms with E-state index in [2.05, 4.69) is 156 Å². The van der Waals surface area contributed by atoms with Gasteiger partial charge in [0, 0.05) is 157 Å². The summed E-state index contributed by atoms with van der Waals surface area (Å²) < 4.78 is 21.7. The van der Waals surface area contributed by atoms with E-state index in [1.807, 2.05) is 16.7 Å². The van der Waals surface area contributed by atoms with Crippen molar-refractivity contribution in [1.82, 2.24) is 97.1 Å². The Morgan fingerprint density at radius 1 is 0.278 bits per heavy atom. The Morgan fingerprint density at radius 3 is 0.730 bits per heavy atom. The number of carbonyl (C=O) groups excluding carboxylic acids is 8. The molecule has 0 fully saturated rings. The molecule has 0 radical (unpaired) electrons. The molecule has 115 heavy (non-hydrogen) atoms. The average molecular weight is 1600 g/mol. The monoisotopic (exact) mass is 1600 g/mol. The van der Waals surface area contributed by atoms with E-state index >= 15 is 0 Å². The summed E-state index contributed by atoms with van der Waals surface area (Å²) in [5.74, 6) is -0.555. The number of anilines is 4. The van der Waals surface area contributed by atoms with Gasteiger partial charge in [0.2, 0.25) is 71.1 Å². The van der Waals surface area contributed by atoms with Crippen molar-refractivity contribution >= 4 is 120 Å². The maximum absolute atomic E-state index is 13.9. The number of carbonyl (C=O) groups is 8. The molecule has 0 bridgehead atoms. The van der Waals surface area contributed by atoms with E-state index in [0.717, 1.165) is 0 Å². The van der Waals surface area contributed by atoms with Crippen LogP contribution in [0, 0.1) is 0 Å². The predicted molar refractivity (Wildman–Crippen MR) is 451 cm³/mol. The van der Waals surface area contributed by atoms with E-state index in [0.29, 0.717) is 180 Å². The molecule has 628 valence electrons. The first-order valence-corrected chi connectivity index (χ1v) is 39.0. The van der Waals surface area contributed by atoms with Crippen LogP contribution in [0.4, 0.5) is 23.8 Å². The Balaban J connectivity index is 1.38. The number of hydrogen-bond acceptors (Lipinski definition) is 27. The molecule has 4 aromatic rings. The smallest absolute Gasteiger partial charge is 0.234 e. The predicted octanol–water partition coefficient (Wildman–Crippen LogP) is 3.56. The Morgan fingerprint density at radius 2 is 0.487 bits per heavy atom. The fraction of sp³-hybridized carbons (Fsp3) is 0.500. The van der Waals surface area contributed by atoms with Crippen LogP contribution in [0.3, 0.4) is 0 Å². The van der Waals surface area contributed by atoms with Gasteiger partial charge in [-0.25, -0.2) is 39.9 Å². The second-order valence-corrected chi connectivity index (χ2v) is 25.7. The standard InChI is InChI=1S/C80H121N23O12/c1-10-61-54-62(11-2)94-77(93-61)89-29-19-24-69(104)83-35-41-101(42-36-84-70(105)25-20-30-90-78-95-63(12-3)55-64(13-4)96-78)59-75(110)87-39-45-103(58-74(109)82-34-23-33-81-73(108)28-47-113-50-51-115-53-52-114-49-48-112-18-9)46-40-88-76(111)60-102(43-37-85-71(106)26-21-31-91-79-97-65(14-5)56-66(15-6)98-79)44-38-86-72(107)27-22-32-92-80-99-67(16-7)57-68(17-8)100-80/h10-17,54-57H,1-8,18-53,58-60H2,9H3,(H,81,108)(H,82,109)(H,83,104)(H,84,105)(H,85,106)(H,86,107)(H,87,110)(H,88,111)(H,89,93,94)(H,90,95,96)(H,91,97,98)(H,92,99,100). The summed E-state index contributed by atoms with van der Waals surface area (Å²) in [4.78, 5) is 147. The summed E-state index contributed by atoms with van der Waals surface area (Å²) in [6, 6.07) is 7.00. The number of amides is 8. The number of aromatic nitrogens is 8. The van der Waals surface area contributed by atoms with Gasteiger partial charge in [-0.2, -0.15) is 0 Å².